The van der Waals surface area contributed by atoms with Gasteiger partial charge in [-0.3, -0.25) is 24.6 Å². The number of hydrogen-bond acceptors (Lipinski definition) is 6. The zero-order chi connectivity index (χ0) is 32.1. The summed E-state index contributed by atoms with van der Waals surface area (Å²) in [6.07, 6.45) is 5.26. The first kappa shape index (κ1) is 32.6. The fraction of sp³-hybridized carbons (Fsp3) is 0.371. The van der Waals surface area contributed by atoms with E-state index in [4.69, 9.17) is 16.5 Å². The summed E-state index contributed by atoms with van der Waals surface area (Å²) in [5.74, 6) is -0.363. The van der Waals surface area contributed by atoms with Gasteiger partial charge in [0.05, 0.1) is 28.3 Å². The van der Waals surface area contributed by atoms with Gasteiger partial charge in [0.15, 0.2) is 0 Å². The van der Waals surface area contributed by atoms with Crippen molar-refractivity contribution in [1.29, 1.82) is 0 Å². The third-order valence-corrected chi connectivity index (χ3v) is 9.69. The Hall–Kier alpha value is -4.32. The molecule has 7 N–H and O–H groups in total. The summed E-state index contributed by atoms with van der Waals surface area (Å²) in [6.45, 7) is 2.63. The van der Waals surface area contributed by atoms with Crippen molar-refractivity contribution in [3.8, 4) is 11.1 Å². The smallest absolute Gasteiger partial charge is 0.274 e. The number of hydrogen-bond donors (Lipinski definition) is 5. The van der Waals surface area contributed by atoms with Crippen molar-refractivity contribution in [2.24, 2.45) is 23.3 Å². The largest absolute Gasteiger partial charge is 0.342 e. The lowest BCUT2D eigenvalue weighted by molar-refractivity contribution is -0.130. The van der Waals surface area contributed by atoms with Gasteiger partial charge in [-0.15, -0.1) is 12.4 Å². The number of carbonyl (C=O) groups is 2. The number of aromatic amines is 3. The van der Waals surface area contributed by atoms with Crippen LogP contribution >= 0.6 is 12.4 Å². The Labute approximate surface area is 276 Å². The molecule has 0 unspecified atom stereocenters. The number of nitrogens with zero attached hydrogens (tertiary/aromatic N) is 2. The van der Waals surface area contributed by atoms with E-state index in [0.29, 0.717) is 31.2 Å². The van der Waals surface area contributed by atoms with Gasteiger partial charge in [0.1, 0.15) is 17.0 Å². The number of aromatic nitrogens is 4. The molecule has 12 heteroatoms. The highest BCUT2D eigenvalue weighted by molar-refractivity contribution is 6.17. The highest BCUT2D eigenvalue weighted by atomic mass is 35.5. The highest BCUT2D eigenvalue weighted by Crippen LogP contribution is 2.40. The number of halogens is 2. The van der Waals surface area contributed by atoms with E-state index in [-0.39, 0.29) is 35.4 Å². The molecule has 10 nitrogen and oxygen atoms in total. The molecule has 0 radical (unpaired) electrons. The molecule has 0 aliphatic heterocycles. The van der Waals surface area contributed by atoms with Gasteiger partial charge in [0, 0.05) is 11.8 Å². The first-order valence-corrected chi connectivity index (χ1v) is 16.0. The molecule has 2 heterocycles. The lowest BCUT2D eigenvalue weighted by atomic mass is 9.81. The van der Waals surface area contributed by atoms with Crippen molar-refractivity contribution in [2.75, 3.05) is 11.4 Å². The number of nitrogens with two attached hydrogens (primary N) is 2. The minimum atomic E-state index is -1.07. The first-order valence-electron chi connectivity index (χ1n) is 16.0. The Bertz CT molecular complexity index is 2010. The zero-order valence-electron chi connectivity index (χ0n) is 26.1. The maximum atomic E-state index is 15.1. The molecule has 0 bridgehead atoms. The van der Waals surface area contributed by atoms with Crippen molar-refractivity contribution in [2.45, 2.75) is 63.8 Å². The zero-order valence-corrected chi connectivity index (χ0v) is 27.0. The second-order valence-corrected chi connectivity index (χ2v) is 13.0. The van der Waals surface area contributed by atoms with E-state index in [1.165, 1.54) is 18.9 Å². The van der Waals surface area contributed by atoms with E-state index in [0.717, 1.165) is 62.9 Å². The van der Waals surface area contributed by atoms with E-state index in [1.807, 2.05) is 24.3 Å². The van der Waals surface area contributed by atoms with Crippen LogP contribution in [0.15, 0.2) is 53.3 Å². The number of H-pyrrole nitrogens is 3. The Morgan fingerprint density at radius 1 is 1.00 bits per heavy atom. The standard InChI is InChI=1S/C35H38FN7O3.ClH/c1-18-12-28-29(40-32(39-28)22-10-11-22)16-25(18)21-6-2-19(3-7-21)13-27(38)35(46)43(34(45)23-8-4-20(17-37)5-9-23)24-14-26(36)31-30(15-24)41-42-33(31)44;/h2-3,6-7,12,14-16,20,22-23,27H,4-5,8-11,13,17,37-38H2,1H3,(H,39,40)(H2,41,42,44);1H/t20-,23-,27-;/m0./s1. The third kappa shape index (κ3) is 6.35. The molecule has 7 rings (SSSR count). The van der Waals surface area contributed by atoms with Crippen molar-refractivity contribution >= 4 is 51.8 Å². The molecule has 47 heavy (non-hydrogen) atoms. The highest BCUT2D eigenvalue weighted by Gasteiger charge is 2.36. The Morgan fingerprint density at radius 3 is 2.40 bits per heavy atom. The molecule has 5 aromatic rings. The van der Waals surface area contributed by atoms with Gasteiger partial charge in [-0.25, -0.2) is 14.3 Å². The van der Waals surface area contributed by atoms with Crippen LogP contribution in [0.2, 0.25) is 0 Å². The summed E-state index contributed by atoms with van der Waals surface area (Å²) in [7, 11) is 0. The normalized spacial score (nSPS) is 18.6. The summed E-state index contributed by atoms with van der Waals surface area (Å²) in [6, 6.07) is 13.5. The number of carbonyl (C=O) groups excluding carboxylic acids is 2. The second kappa shape index (κ2) is 13.1. The van der Waals surface area contributed by atoms with Crippen LogP contribution in [0.1, 0.15) is 61.4 Å². The van der Waals surface area contributed by atoms with E-state index in [2.05, 4.69) is 34.2 Å². The number of nitrogens with one attached hydrogen (secondary N) is 3. The molecule has 0 spiro atoms. The summed E-state index contributed by atoms with van der Waals surface area (Å²) in [5.41, 5.74) is 18.0. The Balaban J connectivity index is 0.00000386. The third-order valence-electron chi connectivity index (χ3n) is 9.69. The molecule has 2 aromatic heterocycles. The average Bonchev–Trinajstić information content (AvgIpc) is 3.72. The summed E-state index contributed by atoms with van der Waals surface area (Å²) >= 11 is 0. The van der Waals surface area contributed by atoms with Crippen LogP contribution in [0, 0.1) is 24.6 Å². The molecule has 2 fully saturated rings. The molecule has 2 aliphatic carbocycles. The van der Waals surface area contributed by atoms with Crippen molar-refractivity contribution in [3.05, 3.63) is 81.7 Å². The first-order chi connectivity index (χ1) is 22.2. The fourth-order valence-corrected chi connectivity index (χ4v) is 6.80. The molecular formula is C35H39ClFN7O3. The summed E-state index contributed by atoms with van der Waals surface area (Å²) in [4.78, 5) is 49.2. The van der Waals surface area contributed by atoms with Crippen LogP contribution in [0.5, 0.6) is 0 Å². The summed E-state index contributed by atoms with van der Waals surface area (Å²) in [5, 5.41) is 4.82. The van der Waals surface area contributed by atoms with E-state index < -0.39 is 35.2 Å². The van der Waals surface area contributed by atoms with Gasteiger partial charge < -0.3 is 16.5 Å². The number of anilines is 1. The summed E-state index contributed by atoms with van der Waals surface area (Å²) < 4.78 is 15.1. The molecule has 246 valence electrons. The van der Waals surface area contributed by atoms with Gasteiger partial charge in [-0.1, -0.05) is 24.3 Å². The maximum absolute atomic E-state index is 15.1. The molecule has 2 amide bonds. The number of amides is 2. The van der Waals surface area contributed by atoms with Gasteiger partial charge in [-0.05, 0) is 111 Å². The minimum absolute atomic E-state index is 0. The van der Waals surface area contributed by atoms with E-state index >= 15 is 4.39 Å². The van der Waals surface area contributed by atoms with Crippen molar-refractivity contribution in [3.63, 3.8) is 0 Å². The number of rotatable bonds is 8. The van der Waals surface area contributed by atoms with Crippen molar-refractivity contribution < 1.29 is 14.0 Å². The quantitative estimate of drug-likeness (QED) is 0.151. The fourth-order valence-electron chi connectivity index (χ4n) is 6.80. The SMILES string of the molecule is Cc1cc2[nH]c(C3CC3)nc2cc1-c1ccc(C[C@H](N)C(=O)N(c2cc(F)c3c(=O)[nH][nH]c3c2)C(=O)[C@H]2CC[C@H](CN)CC2)cc1.Cl. The molecular weight excluding hydrogens is 621 g/mol. The van der Waals surface area contributed by atoms with Crippen LogP contribution in [0.25, 0.3) is 33.1 Å². The van der Waals surface area contributed by atoms with Crippen molar-refractivity contribution in [1.82, 2.24) is 20.2 Å². The number of fused-ring (bicyclic) bond motifs is 2. The monoisotopic (exact) mass is 659 g/mol. The minimum Gasteiger partial charge on any atom is -0.342 e. The van der Waals surface area contributed by atoms with Gasteiger partial charge in [0.25, 0.3) is 11.5 Å². The lowest BCUT2D eigenvalue weighted by Gasteiger charge is -2.32. The van der Waals surface area contributed by atoms with Crippen LogP contribution in [-0.2, 0) is 16.0 Å². The van der Waals surface area contributed by atoms with Crippen LogP contribution in [-0.4, -0.2) is 44.6 Å². The number of benzene rings is 3. The van der Waals surface area contributed by atoms with Gasteiger partial charge >= 0.3 is 0 Å². The molecule has 0 saturated heterocycles. The van der Waals surface area contributed by atoms with Crippen LogP contribution < -0.4 is 21.9 Å². The Morgan fingerprint density at radius 2 is 1.72 bits per heavy atom. The predicted octanol–water partition coefficient (Wildman–Crippen LogP) is 5.34. The van der Waals surface area contributed by atoms with Crippen LogP contribution in [0.4, 0.5) is 10.1 Å². The molecule has 3 aromatic carbocycles. The number of aryl methyl sites for hydroxylation is 1. The lowest BCUT2D eigenvalue weighted by Crippen LogP contribution is -2.50. The maximum Gasteiger partial charge on any atom is 0.274 e. The van der Waals surface area contributed by atoms with Gasteiger partial charge in [0.2, 0.25) is 5.91 Å². The molecule has 2 saturated carbocycles. The van der Waals surface area contributed by atoms with E-state index in [9.17, 15) is 14.4 Å². The number of imidazole rings is 1. The van der Waals surface area contributed by atoms with Gasteiger partial charge in [-0.2, -0.15) is 0 Å². The second-order valence-electron chi connectivity index (χ2n) is 13.0. The molecule has 1 atom stereocenters. The topological polar surface area (TPSA) is 167 Å². The molecule has 2 aliphatic rings. The van der Waals surface area contributed by atoms with E-state index in [1.54, 1.807) is 0 Å². The van der Waals surface area contributed by atoms with Crippen LogP contribution in [0.3, 0.4) is 0 Å². The predicted molar refractivity (Wildman–Crippen MR) is 183 cm³/mol. The number of imide groups is 1. The average molecular weight is 660 g/mol. The Kier molecular flexibility index (Phi) is 9.06.